The largest absolute Gasteiger partial charge is 0.436 e. The molecule has 2 rings (SSSR count). The molecule has 0 aliphatic rings. The highest BCUT2D eigenvalue weighted by Crippen LogP contribution is 2.26. The zero-order valence-corrected chi connectivity index (χ0v) is 9.75. The van der Waals surface area contributed by atoms with Crippen LogP contribution in [0.1, 0.15) is 21.8 Å². The van der Waals surface area contributed by atoms with Crippen LogP contribution in [0.25, 0.3) is 0 Å². The third kappa shape index (κ3) is 2.30. The van der Waals surface area contributed by atoms with E-state index in [9.17, 15) is 4.79 Å². The molecule has 0 amide bonds. The average Bonchev–Trinajstić information content (AvgIpc) is 2.59. The van der Waals surface area contributed by atoms with Gasteiger partial charge in [0, 0.05) is 11.8 Å². The number of carbonyl (C=O) groups is 1. The zero-order chi connectivity index (χ0) is 11.5. The van der Waals surface area contributed by atoms with Crippen LogP contribution < -0.4 is 0 Å². The molecule has 0 N–H and O–H groups in total. The highest BCUT2D eigenvalue weighted by molar-refractivity contribution is 7.99. The van der Waals surface area contributed by atoms with Crippen LogP contribution in [-0.4, -0.2) is 16.3 Å². The fourth-order valence-electron chi connectivity index (χ4n) is 1.10. The third-order valence-electron chi connectivity index (χ3n) is 2.10. The van der Waals surface area contributed by atoms with Crippen LogP contribution in [0, 0.1) is 13.8 Å². The molecule has 0 saturated heterocycles. The van der Waals surface area contributed by atoms with E-state index in [0.29, 0.717) is 10.8 Å². The number of aldehydes is 1. The summed E-state index contributed by atoms with van der Waals surface area (Å²) in [5, 5.41) is 1.33. The van der Waals surface area contributed by atoms with E-state index in [4.69, 9.17) is 4.42 Å². The molecule has 0 spiro atoms. The molecule has 2 aromatic rings. The summed E-state index contributed by atoms with van der Waals surface area (Å²) in [6.07, 6.45) is 2.29. The van der Waals surface area contributed by atoms with Crippen molar-refractivity contribution in [3.05, 3.63) is 35.3 Å². The number of carbonyl (C=O) groups excluding carboxylic acids is 1. The highest BCUT2D eigenvalue weighted by Gasteiger charge is 2.07. The molecule has 0 radical (unpaired) electrons. The maximum absolute atomic E-state index is 10.4. The Kier molecular flexibility index (Phi) is 3.05. The Balaban J connectivity index is 2.17. The second-order valence-electron chi connectivity index (χ2n) is 3.27. The Morgan fingerprint density at radius 1 is 1.38 bits per heavy atom. The predicted octanol–water partition coefficient (Wildman–Crippen LogP) is 2.65. The predicted molar refractivity (Wildman–Crippen MR) is 59.7 cm³/mol. The standard InChI is InChI=1S/C11H10N2O2S/c1-7-8(2)15-11(13-7)16-10-4-3-9(6-14)5-12-10/h3-6H,1-2H3. The summed E-state index contributed by atoms with van der Waals surface area (Å²) in [7, 11) is 0. The zero-order valence-electron chi connectivity index (χ0n) is 8.93. The van der Waals surface area contributed by atoms with Crippen LogP contribution in [-0.2, 0) is 0 Å². The molecule has 0 aliphatic heterocycles. The van der Waals surface area contributed by atoms with Gasteiger partial charge in [-0.15, -0.1) is 0 Å². The molecular formula is C11H10N2O2S. The molecule has 0 fully saturated rings. The number of rotatable bonds is 3. The van der Waals surface area contributed by atoms with Gasteiger partial charge in [0.25, 0.3) is 5.22 Å². The van der Waals surface area contributed by atoms with Gasteiger partial charge in [0.1, 0.15) is 10.8 Å². The topological polar surface area (TPSA) is 56.0 Å². The molecule has 5 heteroatoms. The highest BCUT2D eigenvalue weighted by atomic mass is 32.2. The first-order valence-corrected chi connectivity index (χ1v) is 5.54. The number of aryl methyl sites for hydroxylation is 2. The lowest BCUT2D eigenvalue weighted by Gasteiger charge is -1.95. The minimum Gasteiger partial charge on any atom is -0.436 e. The quantitative estimate of drug-likeness (QED) is 0.764. The fraction of sp³-hybridized carbons (Fsp3) is 0.182. The van der Waals surface area contributed by atoms with Gasteiger partial charge in [0.15, 0.2) is 6.29 Å². The van der Waals surface area contributed by atoms with Gasteiger partial charge in [-0.2, -0.15) is 0 Å². The van der Waals surface area contributed by atoms with Gasteiger partial charge >= 0.3 is 0 Å². The van der Waals surface area contributed by atoms with E-state index in [-0.39, 0.29) is 0 Å². The monoisotopic (exact) mass is 234 g/mol. The van der Waals surface area contributed by atoms with Crippen LogP contribution in [0.4, 0.5) is 0 Å². The lowest BCUT2D eigenvalue weighted by molar-refractivity contribution is 0.112. The molecular weight excluding hydrogens is 224 g/mol. The number of hydrogen-bond donors (Lipinski definition) is 0. The second-order valence-corrected chi connectivity index (χ2v) is 4.24. The van der Waals surface area contributed by atoms with Gasteiger partial charge in [-0.05, 0) is 37.7 Å². The first-order chi connectivity index (χ1) is 7.69. The molecule has 4 nitrogen and oxygen atoms in total. The second kappa shape index (κ2) is 4.49. The van der Waals surface area contributed by atoms with Crippen molar-refractivity contribution in [2.45, 2.75) is 24.1 Å². The van der Waals surface area contributed by atoms with E-state index >= 15 is 0 Å². The first kappa shape index (κ1) is 10.9. The van der Waals surface area contributed by atoms with Crippen LogP contribution in [0.3, 0.4) is 0 Å². The molecule has 0 bridgehead atoms. The van der Waals surface area contributed by atoms with E-state index in [1.54, 1.807) is 12.1 Å². The normalized spacial score (nSPS) is 10.4. The van der Waals surface area contributed by atoms with Crippen LogP contribution in [0.2, 0.25) is 0 Å². The summed E-state index contributed by atoms with van der Waals surface area (Å²) in [5.74, 6) is 0.812. The Labute approximate surface area is 97.1 Å². The van der Waals surface area contributed by atoms with E-state index in [1.807, 2.05) is 13.8 Å². The molecule has 82 valence electrons. The average molecular weight is 234 g/mol. The summed E-state index contributed by atoms with van der Waals surface area (Å²) < 4.78 is 5.42. The SMILES string of the molecule is Cc1nc(Sc2ccc(C=O)cn2)oc1C. The number of pyridine rings is 1. The van der Waals surface area contributed by atoms with Gasteiger partial charge in [-0.25, -0.2) is 9.97 Å². The minimum absolute atomic E-state index is 0.559. The Bertz CT molecular complexity index is 486. The van der Waals surface area contributed by atoms with Gasteiger partial charge in [0.2, 0.25) is 0 Å². The smallest absolute Gasteiger partial charge is 0.262 e. The van der Waals surface area contributed by atoms with E-state index in [1.165, 1.54) is 18.0 Å². The molecule has 2 aromatic heterocycles. The number of oxazole rings is 1. The van der Waals surface area contributed by atoms with Crippen molar-refractivity contribution in [1.82, 2.24) is 9.97 Å². The summed E-state index contributed by atoms with van der Waals surface area (Å²) in [6.45, 7) is 3.77. The lowest BCUT2D eigenvalue weighted by Crippen LogP contribution is -1.84. The molecule has 0 unspecified atom stereocenters. The van der Waals surface area contributed by atoms with Crippen LogP contribution in [0.5, 0.6) is 0 Å². The molecule has 16 heavy (non-hydrogen) atoms. The van der Waals surface area contributed by atoms with Gasteiger partial charge < -0.3 is 4.42 Å². The summed E-state index contributed by atoms with van der Waals surface area (Å²) in [4.78, 5) is 18.8. The summed E-state index contributed by atoms with van der Waals surface area (Å²) in [6, 6.07) is 3.48. The van der Waals surface area contributed by atoms with E-state index in [2.05, 4.69) is 9.97 Å². The Hall–Kier alpha value is -1.62. The Morgan fingerprint density at radius 2 is 2.19 bits per heavy atom. The molecule has 2 heterocycles. The van der Waals surface area contributed by atoms with Crippen molar-refractivity contribution in [1.29, 1.82) is 0 Å². The van der Waals surface area contributed by atoms with Crippen molar-refractivity contribution < 1.29 is 9.21 Å². The Morgan fingerprint density at radius 3 is 2.69 bits per heavy atom. The molecule has 0 aliphatic carbocycles. The van der Waals surface area contributed by atoms with Crippen LogP contribution in [0.15, 0.2) is 33.0 Å². The van der Waals surface area contributed by atoms with Gasteiger partial charge in [0.05, 0.1) is 5.69 Å². The number of aromatic nitrogens is 2. The van der Waals surface area contributed by atoms with Crippen molar-refractivity contribution in [2.24, 2.45) is 0 Å². The third-order valence-corrected chi connectivity index (χ3v) is 2.90. The lowest BCUT2D eigenvalue weighted by atomic mass is 10.3. The van der Waals surface area contributed by atoms with Gasteiger partial charge in [-0.3, -0.25) is 4.79 Å². The van der Waals surface area contributed by atoms with E-state index < -0.39 is 0 Å². The number of hydrogen-bond acceptors (Lipinski definition) is 5. The maximum atomic E-state index is 10.4. The fourth-order valence-corrected chi connectivity index (χ4v) is 1.87. The molecule has 0 atom stereocenters. The molecule has 0 aromatic carbocycles. The minimum atomic E-state index is 0.559. The first-order valence-electron chi connectivity index (χ1n) is 4.72. The van der Waals surface area contributed by atoms with Crippen molar-refractivity contribution in [3.8, 4) is 0 Å². The summed E-state index contributed by atoms with van der Waals surface area (Å²) in [5.41, 5.74) is 1.44. The number of nitrogens with zero attached hydrogens (tertiary/aromatic N) is 2. The van der Waals surface area contributed by atoms with E-state index in [0.717, 1.165) is 22.8 Å². The van der Waals surface area contributed by atoms with Crippen LogP contribution >= 0.6 is 11.8 Å². The maximum Gasteiger partial charge on any atom is 0.262 e. The molecule has 0 saturated carbocycles. The van der Waals surface area contributed by atoms with Crippen molar-refractivity contribution in [3.63, 3.8) is 0 Å². The van der Waals surface area contributed by atoms with Crippen molar-refractivity contribution >= 4 is 18.0 Å². The van der Waals surface area contributed by atoms with Gasteiger partial charge in [-0.1, -0.05) is 0 Å². The van der Waals surface area contributed by atoms with Crippen molar-refractivity contribution in [2.75, 3.05) is 0 Å². The summed E-state index contributed by atoms with van der Waals surface area (Å²) >= 11 is 1.34.